The number of aromatic nitrogens is 2. The molecule has 0 unspecified atom stereocenters. The Morgan fingerprint density at radius 3 is 1.86 bits per heavy atom. The molecule has 1 aromatic carbocycles. The lowest BCUT2D eigenvalue weighted by Gasteiger charge is -2.22. The Morgan fingerprint density at radius 2 is 1.43 bits per heavy atom. The van der Waals surface area contributed by atoms with E-state index in [1.807, 2.05) is 11.7 Å². The maximum atomic E-state index is 6.36. The van der Waals surface area contributed by atoms with E-state index in [1.54, 1.807) is 0 Å². The first-order valence-electron chi connectivity index (χ1n) is 7.35. The number of aryl methyl sites for hydroxylation is 1. The van der Waals surface area contributed by atoms with Gasteiger partial charge in [0.15, 0.2) is 5.15 Å². The van der Waals surface area contributed by atoms with Gasteiger partial charge in [-0.2, -0.15) is 5.10 Å². The van der Waals surface area contributed by atoms with Crippen LogP contribution in [0.5, 0.6) is 0 Å². The molecule has 2 aromatic rings. The first-order chi connectivity index (χ1) is 9.51. The molecule has 0 N–H and O–H groups in total. The summed E-state index contributed by atoms with van der Waals surface area (Å²) in [5, 5.41) is 5.00. The van der Waals surface area contributed by atoms with E-state index < -0.39 is 0 Å². The lowest BCUT2D eigenvalue weighted by molar-refractivity contribution is 0.589. The Hall–Kier alpha value is -1.28. The van der Waals surface area contributed by atoms with E-state index in [2.05, 4.69) is 70.9 Å². The summed E-state index contributed by atoms with van der Waals surface area (Å²) in [5.41, 5.74) is 4.83. The van der Waals surface area contributed by atoms with Crippen LogP contribution in [-0.2, 0) is 17.9 Å². The van der Waals surface area contributed by atoms with Gasteiger partial charge in [0.2, 0.25) is 0 Å². The van der Waals surface area contributed by atoms with Crippen molar-refractivity contribution in [3.05, 3.63) is 40.5 Å². The molecule has 114 valence electrons. The number of rotatable bonds is 1. The quantitative estimate of drug-likeness (QED) is 0.695. The van der Waals surface area contributed by atoms with E-state index in [9.17, 15) is 0 Å². The van der Waals surface area contributed by atoms with Crippen LogP contribution in [-0.4, -0.2) is 9.78 Å². The predicted octanol–water partition coefficient (Wildman–Crippen LogP) is 5.34. The molecule has 0 saturated carbocycles. The highest BCUT2D eigenvalue weighted by Gasteiger charge is 2.27. The summed E-state index contributed by atoms with van der Waals surface area (Å²) in [4.78, 5) is 0. The van der Waals surface area contributed by atoms with Crippen LogP contribution in [0.25, 0.3) is 11.3 Å². The summed E-state index contributed by atoms with van der Waals surface area (Å²) >= 11 is 6.36. The monoisotopic (exact) mass is 304 g/mol. The molecule has 0 fully saturated rings. The molecule has 0 radical (unpaired) electrons. The molecule has 2 nitrogen and oxygen atoms in total. The van der Waals surface area contributed by atoms with E-state index in [4.69, 9.17) is 11.6 Å². The fourth-order valence-corrected chi connectivity index (χ4v) is 3.10. The third kappa shape index (κ3) is 3.16. The maximum absolute atomic E-state index is 6.36. The van der Waals surface area contributed by atoms with Crippen LogP contribution in [0.3, 0.4) is 0 Å². The number of nitrogens with zero attached hydrogens (tertiary/aromatic N) is 2. The molecule has 0 atom stereocenters. The highest BCUT2D eigenvalue weighted by atomic mass is 35.5. The molecule has 2 rings (SSSR count). The fraction of sp³-hybridized carbons (Fsp3) is 0.500. The van der Waals surface area contributed by atoms with Gasteiger partial charge < -0.3 is 0 Å². The maximum Gasteiger partial charge on any atom is 0.155 e. The number of hydrogen-bond donors (Lipinski definition) is 0. The van der Waals surface area contributed by atoms with Crippen molar-refractivity contribution < 1.29 is 0 Å². The van der Waals surface area contributed by atoms with Crippen LogP contribution < -0.4 is 0 Å². The lowest BCUT2D eigenvalue weighted by atomic mass is 9.84. The van der Waals surface area contributed by atoms with Crippen molar-refractivity contribution in [2.75, 3.05) is 0 Å². The van der Waals surface area contributed by atoms with Gasteiger partial charge in [0.1, 0.15) is 0 Å². The van der Waals surface area contributed by atoms with E-state index in [-0.39, 0.29) is 10.8 Å². The molecular formula is C18H25ClN2. The minimum Gasteiger partial charge on any atom is -0.266 e. The van der Waals surface area contributed by atoms with Gasteiger partial charge in [-0.1, -0.05) is 77.4 Å². The second-order valence-corrected chi connectivity index (χ2v) is 8.07. The molecule has 0 aliphatic rings. The molecule has 0 spiro atoms. The molecule has 21 heavy (non-hydrogen) atoms. The minimum atomic E-state index is -0.0383. The summed E-state index contributed by atoms with van der Waals surface area (Å²) in [6, 6.07) is 8.73. The summed E-state index contributed by atoms with van der Waals surface area (Å²) in [5.74, 6) is 0. The molecule has 0 aliphatic carbocycles. The van der Waals surface area contributed by atoms with Crippen molar-refractivity contribution in [1.82, 2.24) is 9.78 Å². The summed E-state index contributed by atoms with van der Waals surface area (Å²) < 4.78 is 1.88. The second-order valence-electron chi connectivity index (χ2n) is 7.72. The highest BCUT2D eigenvalue weighted by Crippen LogP contribution is 2.38. The topological polar surface area (TPSA) is 17.8 Å². The van der Waals surface area contributed by atoms with Gasteiger partial charge in [-0.3, -0.25) is 4.68 Å². The zero-order chi connectivity index (χ0) is 16.0. The van der Waals surface area contributed by atoms with Crippen molar-refractivity contribution >= 4 is 11.6 Å². The number of benzene rings is 1. The normalized spacial score (nSPS) is 12.8. The molecule has 1 aromatic heterocycles. The second kappa shape index (κ2) is 5.17. The Bertz CT molecular complexity index is 638. The SMILES string of the molecule is Cn1nc(Cl)c(C(C)(C)C)c1-c1ccc(C(C)(C)C)cc1. The number of halogens is 1. The average molecular weight is 305 g/mol. The van der Waals surface area contributed by atoms with Gasteiger partial charge in [-0.25, -0.2) is 0 Å². The smallest absolute Gasteiger partial charge is 0.155 e. The van der Waals surface area contributed by atoms with Crippen molar-refractivity contribution in [1.29, 1.82) is 0 Å². The summed E-state index contributed by atoms with van der Waals surface area (Å²) in [6.45, 7) is 13.2. The van der Waals surface area contributed by atoms with Gasteiger partial charge in [0.25, 0.3) is 0 Å². The van der Waals surface area contributed by atoms with E-state index >= 15 is 0 Å². The third-order valence-corrected chi connectivity index (χ3v) is 4.04. The first-order valence-corrected chi connectivity index (χ1v) is 7.73. The standard InChI is InChI=1S/C18H25ClN2/c1-17(2,3)13-10-8-12(9-11-13)15-14(18(4,5)6)16(19)20-21(15)7/h8-11H,1-7H3. The van der Waals surface area contributed by atoms with Crippen LogP contribution >= 0.6 is 11.6 Å². The zero-order valence-corrected chi connectivity index (χ0v) is 14.8. The zero-order valence-electron chi connectivity index (χ0n) is 14.1. The van der Waals surface area contributed by atoms with Crippen LogP contribution in [0.4, 0.5) is 0 Å². The molecule has 0 bridgehead atoms. The van der Waals surface area contributed by atoms with E-state index in [0.717, 1.165) is 16.8 Å². The van der Waals surface area contributed by atoms with Crippen LogP contribution in [0, 0.1) is 0 Å². The Balaban J connectivity index is 2.58. The van der Waals surface area contributed by atoms with E-state index in [1.165, 1.54) is 5.56 Å². The molecule has 0 saturated heterocycles. The molecule has 0 aliphatic heterocycles. The van der Waals surface area contributed by atoms with Gasteiger partial charge in [-0.05, 0) is 16.4 Å². The molecule has 3 heteroatoms. The van der Waals surface area contributed by atoms with Crippen molar-refractivity contribution in [3.63, 3.8) is 0 Å². The molecular weight excluding hydrogens is 280 g/mol. The van der Waals surface area contributed by atoms with Crippen LogP contribution in [0.2, 0.25) is 5.15 Å². The molecule has 1 heterocycles. The fourth-order valence-electron chi connectivity index (χ4n) is 2.62. The summed E-state index contributed by atoms with van der Waals surface area (Å²) in [6.07, 6.45) is 0. The highest BCUT2D eigenvalue weighted by molar-refractivity contribution is 6.30. The van der Waals surface area contributed by atoms with Crippen molar-refractivity contribution in [2.45, 2.75) is 52.4 Å². The summed E-state index contributed by atoms with van der Waals surface area (Å²) in [7, 11) is 1.95. The third-order valence-electron chi connectivity index (χ3n) is 3.78. The minimum absolute atomic E-state index is 0.0383. The predicted molar refractivity (Wildman–Crippen MR) is 91.1 cm³/mol. The largest absolute Gasteiger partial charge is 0.266 e. The van der Waals surface area contributed by atoms with E-state index in [0.29, 0.717) is 5.15 Å². The van der Waals surface area contributed by atoms with Gasteiger partial charge >= 0.3 is 0 Å². The average Bonchev–Trinajstić information content (AvgIpc) is 2.63. The van der Waals surface area contributed by atoms with Crippen molar-refractivity contribution in [3.8, 4) is 11.3 Å². The number of hydrogen-bond acceptors (Lipinski definition) is 1. The van der Waals surface area contributed by atoms with Crippen LogP contribution in [0.15, 0.2) is 24.3 Å². The van der Waals surface area contributed by atoms with Crippen LogP contribution in [0.1, 0.15) is 52.7 Å². The van der Waals surface area contributed by atoms with Gasteiger partial charge in [0, 0.05) is 18.2 Å². The lowest BCUT2D eigenvalue weighted by Crippen LogP contribution is -2.13. The van der Waals surface area contributed by atoms with Gasteiger partial charge in [-0.15, -0.1) is 0 Å². The Morgan fingerprint density at radius 1 is 0.905 bits per heavy atom. The molecule has 0 amide bonds. The van der Waals surface area contributed by atoms with Crippen molar-refractivity contribution in [2.24, 2.45) is 7.05 Å². The Kier molecular flexibility index (Phi) is 3.96. The Labute approximate surface area is 133 Å². The van der Waals surface area contributed by atoms with Gasteiger partial charge in [0.05, 0.1) is 5.69 Å². The first kappa shape index (κ1) is 16.1.